The second kappa shape index (κ2) is 7.54. The first kappa shape index (κ1) is 15.2. The Morgan fingerprint density at radius 2 is 1.74 bits per heavy atom. The maximum atomic E-state index is 9.70. The number of aliphatic carboxylic acids is 1. The summed E-state index contributed by atoms with van der Waals surface area (Å²) in [6.07, 6.45) is 1.74. The summed E-state index contributed by atoms with van der Waals surface area (Å²) in [6.45, 7) is 3.28. The van der Waals surface area contributed by atoms with Crippen molar-refractivity contribution in [2.24, 2.45) is 5.92 Å². The van der Waals surface area contributed by atoms with E-state index < -0.39 is 5.97 Å². The second-order valence-corrected chi connectivity index (χ2v) is 4.60. The summed E-state index contributed by atoms with van der Waals surface area (Å²) >= 11 is 6.00. The zero-order chi connectivity index (χ0) is 14.3. The van der Waals surface area contributed by atoms with E-state index in [1.165, 1.54) is 0 Å². The van der Waals surface area contributed by atoms with Gasteiger partial charge in [-0.2, -0.15) is 0 Å². The molecule has 3 nitrogen and oxygen atoms in total. The molecule has 1 N–H and O–H groups in total. The van der Waals surface area contributed by atoms with Crippen LogP contribution in [0.2, 0.25) is 5.02 Å². The van der Waals surface area contributed by atoms with Crippen molar-refractivity contribution in [2.75, 3.05) is 0 Å². The van der Waals surface area contributed by atoms with Crippen molar-refractivity contribution in [3.63, 3.8) is 0 Å². The molecule has 0 bridgehead atoms. The Bertz CT molecular complexity index is 527. The summed E-state index contributed by atoms with van der Waals surface area (Å²) in [5.41, 5.74) is 1.89. The molecule has 0 saturated carbocycles. The fraction of sp³-hybridized carbons (Fsp3) is 0.200. The Morgan fingerprint density at radius 1 is 1.16 bits per heavy atom. The van der Waals surface area contributed by atoms with E-state index in [0.717, 1.165) is 11.3 Å². The third kappa shape index (κ3) is 5.10. The summed E-state index contributed by atoms with van der Waals surface area (Å²) < 4.78 is 0. The lowest BCUT2D eigenvalue weighted by atomic mass is 10.1. The van der Waals surface area contributed by atoms with Crippen LogP contribution < -0.4 is 0 Å². The van der Waals surface area contributed by atoms with E-state index in [-0.39, 0.29) is 5.92 Å². The van der Waals surface area contributed by atoms with Crippen LogP contribution in [0.25, 0.3) is 11.3 Å². The molecular weight excluding hydrogens is 262 g/mol. The van der Waals surface area contributed by atoms with Gasteiger partial charge >= 0.3 is 5.97 Å². The Morgan fingerprint density at radius 3 is 2.21 bits per heavy atom. The number of nitrogens with zero attached hydrogens (tertiary/aromatic N) is 1. The molecular formula is C15H16ClNO2. The Labute approximate surface area is 117 Å². The minimum Gasteiger partial charge on any atom is -0.481 e. The molecule has 0 aliphatic carbocycles. The number of hydrogen-bond donors (Lipinski definition) is 1. The molecule has 19 heavy (non-hydrogen) atoms. The maximum absolute atomic E-state index is 9.70. The van der Waals surface area contributed by atoms with Crippen LogP contribution in [0.5, 0.6) is 0 Å². The smallest absolute Gasteiger partial charge is 0.305 e. The molecule has 0 aliphatic rings. The van der Waals surface area contributed by atoms with Gasteiger partial charge < -0.3 is 5.11 Å². The van der Waals surface area contributed by atoms with E-state index in [1.54, 1.807) is 20.0 Å². The van der Waals surface area contributed by atoms with Crippen LogP contribution in [0.3, 0.4) is 0 Å². The summed E-state index contributed by atoms with van der Waals surface area (Å²) in [7, 11) is 0. The minimum atomic E-state index is -0.741. The molecule has 0 unspecified atom stereocenters. The topological polar surface area (TPSA) is 50.2 Å². The highest BCUT2D eigenvalue weighted by Crippen LogP contribution is 2.24. The van der Waals surface area contributed by atoms with Gasteiger partial charge in [-0.3, -0.25) is 9.78 Å². The average molecular weight is 278 g/mol. The van der Waals surface area contributed by atoms with E-state index in [0.29, 0.717) is 5.02 Å². The number of hydrogen-bond acceptors (Lipinski definition) is 2. The standard InChI is InChI=1S/C11H8ClN.C4H8O2/c12-10-7-4-8-13-11(10)9-5-2-1-3-6-9;1-3(2)4(5)6/h1-8H;3H,1-2H3,(H,5,6). The quantitative estimate of drug-likeness (QED) is 0.898. The first-order valence-electron chi connectivity index (χ1n) is 5.91. The van der Waals surface area contributed by atoms with Gasteiger partial charge in [0.1, 0.15) is 0 Å². The minimum absolute atomic E-state index is 0.231. The third-order valence-corrected chi connectivity index (χ3v) is 2.60. The molecule has 2 aromatic rings. The fourth-order valence-corrected chi connectivity index (χ4v) is 1.42. The van der Waals surface area contributed by atoms with Crippen molar-refractivity contribution in [2.45, 2.75) is 13.8 Å². The predicted octanol–water partition coefficient (Wildman–Crippen LogP) is 4.13. The van der Waals surface area contributed by atoms with E-state index in [2.05, 4.69) is 4.98 Å². The normalized spacial score (nSPS) is 9.68. The first-order valence-corrected chi connectivity index (χ1v) is 6.29. The zero-order valence-corrected chi connectivity index (χ0v) is 11.6. The lowest BCUT2D eigenvalue weighted by molar-refractivity contribution is -0.140. The molecule has 100 valence electrons. The monoisotopic (exact) mass is 277 g/mol. The van der Waals surface area contributed by atoms with Crippen LogP contribution in [0.1, 0.15) is 13.8 Å². The lowest BCUT2D eigenvalue weighted by Crippen LogP contribution is -2.03. The lowest BCUT2D eigenvalue weighted by Gasteiger charge is -2.01. The highest BCUT2D eigenvalue weighted by Gasteiger charge is 2.01. The molecule has 0 atom stereocenters. The maximum Gasteiger partial charge on any atom is 0.305 e. The van der Waals surface area contributed by atoms with E-state index in [9.17, 15) is 4.79 Å². The first-order chi connectivity index (χ1) is 9.02. The van der Waals surface area contributed by atoms with Crippen LogP contribution in [-0.2, 0) is 4.79 Å². The Balaban J connectivity index is 0.000000258. The molecule has 0 fully saturated rings. The highest BCUT2D eigenvalue weighted by atomic mass is 35.5. The van der Waals surface area contributed by atoms with Crippen LogP contribution in [0.4, 0.5) is 0 Å². The Hall–Kier alpha value is -1.87. The van der Waals surface area contributed by atoms with E-state index in [4.69, 9.17) is 16.7 Å². The molecule has 1 aromatic heterocycles. The zero-order valence-electron chi connectivity index (χ0n) is 10.9. The third-order valence-electron chi connectivity index (χ3n) is 2.30. The van der Waals surface area contributed by atoms with Crippen molar-refractivity contribution in [3.05, 3.63) is 53.7 Å². The molecule has 4 heteroatoms. The van der Waals surface area contributed by atoms with Gasteiger partial charge in [-0.15, -0.1) is 0 Å². The second-order valence-electron chi connectivity index (χ2n) is 4.19. The number of carboxylic acids is 1. The molecule has 0 aliphatic heterocycles. The molecule has 0 amide bonds. The van der Waals surface area contributed by atoms with Gasteiger partial charge in [-0.1, -0.05) is 55.8 Å². The van der Waals surface area contributed by atoms with Gasteiger partial charge in [0, 0.05) is 11.8 Å². The van der Waals surface area contributed by atoms with Gasteiger partial charge in [0.25, 0.3) is 0 Å². The van der Waals surface area contributed by atoms with Gasteiger partial charge in [0.15, 0.2) is 0 Å². The van der Waals surface area contributed by atoms with Gasteiger partial charge in [0.05, 0.1) is 16.6 Å². The van der Waals surface area contributed by atoms with Crippen molar-refractivity contribution < 1.29 is 9.90 Å². The van der Waals surface area contributed by atoms with Crippen LogP contribution in [0, 0.1) is 5.92 Å². The van der Waals surface area contributed by atoms with Crippen LogP contribution in [-0.4, -0.2) is 16.1 Å². The summed E-state index contributed by atoms with van der Waals surface area (Å²) in [5.74, 6) is -0.972. The average Bonchev–Trinajstić information content (AvgIpc) is 2.41. The molecule has 0 radical (unpaired) electrons. The predicted molar refractivity (Wildman–Crippen MR) is 77.2 cm³/mol. The van der Waals surface area contributed by atoms with Gasteiger partial charge in [-0.25, -0.2) is 0 Å². The number of carboxylic acid groups (broad SMARTS) is 1. The van der Waals surface area contributed by atoms with Crippen molar-refractivity contribution in [3.8, 4) is 11.3 Å². The number of benzene rings is 1. The Kier molecular flexibility index (Phi) is 6.03. The summed E-state index contributed by atoms with van der Waals surface area (Å²) in [4.78, 5) is 13.9. The molecule has 1 aromatic carbocycles. The molecule has 0 saturated heterocycles. The van der Waals surface area contributed by atoms with E-state index in [1.807, 2.05) is 42.5 Å². The number of carbonyl (C=O) groups is 1. The van der Waals surface area contributed by atoms with Gasteiger partial charge in [-0.05, 0) is 12.1 Å². The van der Waals surface area contributed by atoms with E-state index >= 15 is 0 Å². The fourth-order valence-electron chi connectivity index (χ4n) is 1.19. The number of pyridine rings is 1. The highest BCUT2D eigenvalue weighted by molar-refractivity contribution is 6.33. The largest absolute Gasteiger partial charge is 0.481 e. The molecule has 0 spiro atoms. The number of rotatable bonds is 2. The molecule has 2 rings (SSSR count). The molecule has 1 heterocycles. The number of aromatic nitrogens is 1. The van der Waals surface area contributed by atoms with Crippen molar-refractivity contribution in [1.82, 2.24) is 4.98 Å². The summed E-state index contributed by atoms with van der Waals surface area (Å²) in [5, 5.41) is 8.68. The van der Waals surface area contributed by atoms with Crippen LogP contribution >= 0.6 is 11.6 Å². The SMILES string of the molecule is CC(C)C(=O)O.Clc1cccnc1-c1ccccc1. The van der Waals surface area contributed by atoms with Gasteiger partial charge in [0.2, 0.25) is 0 Å². The van der Waals surface area contributed by atoms with Crippen LogP contribution in [0.15, 0.2) is 48.7 Å². The summed E-state index contributed by atoms with van der Waals surface area (Å²) in [6, 6.07) is 13.6. The van der Waals surface area contributed by atoms with Crippen molar-refractivity contribution in [1.29, 1.82) is 0 Å². The number of halogens is 1. The van der Waals surface area contributed by atoms with Crippen molar-refractivity contribution >= 4 is 17.6 Å².